The summed E-state index contributed by atoms with van der Waals surface area (Å²) in [6.45, 7) is 8.52. The molecule has 0 aromatic heterocycles. The number of aryl methyl sites for hydroxylation is 1. The van der Waals surface area contributed by atoms with Gasteiger partial charge in [0.2, 0.25) is 5.91 Å². The summed E-state index contributed by atoms with van der Waals surface area (Å²) in [5.41, 5.74) is 2.81. The topological polar surface area (TPSA) is 99.2 Å². The van der Waals surface area contributed by atoms with Crippen LogP contribution in [0.2, 0.25) is 0 Å². The Labute approximate surface area is 214 Å². The van der Waals surface area contributed by atoms with Crippen molar-refractivity contribution >= 4 is 17.8 Å². The molecule has 202 valence electrons. The van der Waals surface area contributed by atoms with Crippen molar-refractivity contribution in [2.24, 2.45) is 0 Å². The molecule has 0 atom stereocenters. The predicted molar refractivity (Wildman–Crippen MR) is 131 cm³/mol. The molecule has 2 aromatic rings. The minimum absolute atomic E-state index is 0.0762. The molecule has 2 amide bonds. The highest BCUT2D eigenvalue weighted by atomic mass is 19.4. The van der Waals surface area contributed by atoms with Crippen LogP contribution in [0.3, 0.4) is 0 Å². The van der Waals surface area contributed by atoms with Gasteiger partial charge in [-0.3, -0.25) is 9.59 Å². The third-order valence-electron chi connectivity index (χ3n) is 5.46. The Morgan fingerprint density at radius 1 is 1.08 bits per heavy atom. The summed E-state index contributed by atoms with van der Waals surface area (Å²) < 4.78 is 37.2. The van der Waals surface area contributed by atoms with E-state index in [9.17, 15) is 22.8 Å². The number of alkyl halides is 3. The van der Waals surface area contributed by atoms with E-state index in [-0.39, 0.29) is 11.8 Å². The van der Waals surface area contributed by atoms with Gasteiger partial charge in [0.05, 0.1) is 6.61 Å². The van der Waals surface area contributed by atoms with E-state index >= 15 is 0 Å². The van der Waals surface area contributed by atoms with E-state index in [4.69, 9.17) is 14.6 Å². The van der Waals surface area contributed by atoms with E-state index in [0.717, 1.165) is 43.1 Å². The number of halogens is 3. The molecule has 3 rings (SSSR count). The number of aliphatic carboxylic acids is 1. The lowest BCUT2D eigenvalue weighted by Gasteiger charge is -2.29. The van der Waals surface area contributed by atoms with Gasteiger partial charge in [0.15, 0.2) is 0 Å². The van der Waals surface area contributed by atoms with E-state index in [2.05, 4.69) is 11.4 Å². The molecule has 1 fully saturated rings. The van der Waals surface area contributed by atoms with Crippen LogP contribution in [0.4, 0.5) is 13.2 Å². The number of nitrogens with zero attached hydrogens (tertiary/aromatic N) is 2. The van der Waals surface area contributed by atoms with Crippen LogP contribution < -0.4 is 10.1 Å². The summed E-state index contributed by atoms with van der Waals surface area (Å²) in [5, 5.41) is 10.4. The maximum atomic E-state index is 13.2. The quantitative estimate of drug-likeness (QED) is 0.550. The SMILES string of the molecule is CCOc1ccc(C(=O)N(CCC(=O)N2CCNCC2)Cc2cccc(C)c2)cc1.O=C(O)C(F)(F)F. The number of hydrogen-bond donors (Lipinski definition) is 2. The van der Waals surface area contributed by atoms with Crippen LogP contribution in [0.5, 0.6) is 5.75 Å². The summed E-state index contributed by atoms with van der Waals surface area (Å²) in [7, 11) is 0. The number of nitrogens with one attached hydrogen (secondary N) is 1. The average molecular weight is 524 g/mol. The second-order valence-corrected chi connectivity index (χ2v) is 8.36. The Bertz CT molecular complexity index is 1040. The van der Waals surface area contributed by atoms with Gasteiger partial charge in [-0.1, -0.05) is 29.8 Å². The zero-order valence-electron chi connectivity index (χ0n) is 20.9. The van der Waals surface area contributed by atoms with Crippen LogP contribution in [0.15, 0.2) is 48.5 Å². The van der Waals surface area contributed by atoms with Gasteiger partial charge in [0.25, 0.3) is 5.91 Å². The summed E-state index contributed by atoms with van der Waals surface area (Å²) >= 11 is 0. The van der Waals surface area contributed by atoms with E-state index in [1.54, 1.807) is 17.0 Å². The van der Waals surface area contributed by atoms with Crippen LogP contribution in [0, 0.1) is 6.92 Å². The number of piperazine rings is 1. The van der Waals surface area contributed by atoms with Crippen LogP contribution in [-0.2, 0) is 16.1 Å². The first-order chi connectivity index (χ1) is 17.5. The molecule has 1 aliphatic heterocycles. The fourth-order valence-electron chi connectivity index (χ4n) is 3.63. The molecule has 2 N–H and O–H groups in total. The first kappa shape index (κ1) is 29.6. The molecule has 0 spiro atoms. The molecule has 2 aromatic carbocycles. The van der Waals surface area contributed by atoms with Gasteiger partial charge < -0.3 is 25.0 Å². The van der Waals surface area contributed by atoms with Gasteiger partial charge in [-0.25, -0.2) is 4.79 Å². The number of hydrogen-bond acceptors (Lipinski definition) is 5. The normalized spacial score (nSPS) is 13.3. The molecule has 0 aliphatic carbocycles. The Hall–Kier alpha value is -3.60. The fraction of sp³-hybridized carbons (Fsp3) is 0.423. The largest absolute Gasteiger partial charge is 0.494 e. The van der Waals surface area contributed by atoms with Gasteiger partial charge in [-0.15, -0.1) is 0 Å². The molecule has 0 unspecified atom stereocenters. The second kappa shape index (κ2) is 14.2. The van der Waals surface area contributed by atoms with Gasteiger partial charge in [0, 0.05) is 51.3 Å². The Morgan fingerprint density at radius 2 is 1.70 bits per heavy atom. The van der Waals surface area contributed by atoms with Crippen molar-refractivity contribution < 1.29 is 37.4 Å². The zero-order valence-corrected chi connectivity index (χ0v) is 20.9. The Kier molecular flexibility index (Phi) is 11.4. The third-order valence-corrected chi connectivity index (χ3v) is 5.46. The first-order valence-corrected chi connectivity index (χ1v) is 11.9. The number of carboxylic acids is 1. The van der Waals surface area contributed by atoms with E-state index in [1.165, 1.54) is 0 Å². The molecule has 1 saturated heterocycles. The standard InChI is InChI=1S/C24H31N3O3.C2HF3O2/c1-3-30-22-9-7-21(8-10-22)24(29)27(18-20-6-4-5-19(2)17-20)14-11-23(28)26-15-12-25-13-16-26;3-2(4,5)1(6)7/h4-10,17,25H,3,11-16,18H2,1-2H3;(H,6,7). The first-order valence-electron chi connectivity index (χ1n) is 11.9. The smallest absolute Gasteiger partial charge is 0.490 e. The molecular formula is C26H32F3N3O5. The molecule has 11 heteroatoms. The number of rotatable bonds is 8. The summed E-state index contributed by atoms with van der Waals surface area (Å²) in [6.07, 6.45) is -4.76. The summed E-state index contributed by atoms with van der Waals surface area (Å²) in [5.74, 6) is -1.99. The molecule has 8 nitrogen and oxygen atoms in total. The highest BCUT2D eigenvalue weighted by Gasteiger charge is 2.38. The lowest BCUT2D eigenvalue weighted by Crippen LogP contribution is -2.47. The molecule has 1 aliphatic rings. The van der Waals surface area contributed by atoms with Gasteiger partial charge >= 0.3 is 12.1 Å². The van der Waals surface area contributed by atoms with Crippen LogP contribution in [0.1, 0.15) is 34.8 Å². The molecular weight excluding hydrogens is 491 g/mol. The van der Waals surface area contributed by atoms with Crippen molar-refractivity contribution in [3.8, 4) is 5.75 Å². The van der Waals surface area contributed by atoms with Gasteiger partial charge in [-0.05, 0) is 43.7 Å². The van der Waals surface area contributed by atoms with Crippen LogP contribution >= 0.6 is 0 Å². The molecule has 0 saturated carbocycles. The van der Waals surface area contributed by atoms with Crippen molar-refractivity contribution in [1.29, 1.82) is 0 Å². The maximum Gasteiger partial charge on any atom is 0.490 e. The number of benzene rings is 2. The summed E-state index contributed by atoms with van der Waals surface area (Å²) in [4.78, 5) is 38.4. The summed E-state index contributed by atoms with van der Waals surface area (Å²) in [6, 6.07) is 15.3. The second-order valence-electron chi connectivity index (χ2n) is 8.36. The van der Waals surface area contributed by atoms with Gasteiger partial charge in [0.1, 0.15) is 5.75 Å². The van der Waals surface area contributed by atoms with E-state index < -0.39 is 12.1 Å². The zero-order chi connectivity index (χ0) is 27.4. The molecule has 37 heavy (non-hydrogen) atoms. The lowest BCUT2D eigenvalue weighted by molar-refractivity contribution is -0.192. The van der Waals surface area contributed by atoms with Gasteiger partial charge in [-0.2, -0.15) is 13.2 Å². The Morgan fingerprint density at radius 3 is 2.24 bits per heavy atom. The molecule has 0 bridgehead atoms. The number of amides is 2. The highest BCUT2D eigenvalue weighted by Crippen LogP contribution is 2.17. The fourth-order valence-corrected chi connectivity index (χ4v) is 3.63. The van der Waals surface area contributed by atoms with E-state index in [0.29, 0.717) is 31.7 Å². The minimum Gasteiger partial charge on any atom is -0.494 e. The van der Waals surface area contributed by atoms with Crippen molar-refractivity contribution in [1.82, 2.24) is 15.1 Å². The minimum atomic E-state index is -5.08. The predicted octanol–water partition coefficient (Wildman–Crippen LogP) is 3.49. The van der Waals surface area contributed by atoms with Crippen LogP contribution in [0.25, 0.3) is 0 Å². The van der Waals surface area contributed by atoms with Crippen molar-refractivity contribution in [3.63, 3.8) is 0 Å². The van der Waals surface area contributed by atoms with Crippen molar-refractivity contribution in [2.45, 2.75) is 33.0 Å². The lowest BCUT2D eigenvalue weighted by atomic mass is 10.1. The number of carbonyl (C=O) groups excluding carboxylic acids is 2. The average Bonchev–Trinajstić information content (AvgIpc) is 2.87. The number of carboxylic acid groups (broad SMARTS) is 1. The number of carbonyl (C=O) groups is 3. The third kappa shape index (κ3) is 10.1. The molecule has 0 radical (unpaired) electrons. The Balaban J connectivity index is 0.000000604. The van der Waals surface area contributed by atoms with Crippen LogP contribution in [-0.4, -0.2) is 78.2 Å². The van der Waals surface area contributed by atoms with E-state index in [1.807, 2.05) is 49.1 Å². The van der Waals surface area contributed by atoms with Crippen molar-refractivity contribution in [2.75, 3.05) is 39.3 Å². The highest BCUT2D eigenvalue weighted by molar-refractivity contribution is 5.94. The monoisotopic (exact) mass is 523 g/mol. The maximum absolute atomic E-state index is 13.2. The van der Waals surface area contributed by atoms with Crippen molar-refractivity contribution in [3.05, 3.63) is 65.2 Å². The molecule has 1 heterocycles. The number of ether oxygens (including phenoxy) is 1.